The molecule has 92 valence electrons. The van der Waals surface area contributed by atoms with Crippen LogP contribution in [0.15, 0.2) is 0 Å². The van der Waals surface area contributed by atoms with E-state index in [1.807, 2.05) is 13.8 Å². The molecule has 5 heteroatoms. The van der Waals surface area contributed by atoms with Crippen LogP contribution in [0.1, 0.15) is 33.1 Å². The van der Waals surface area contributed by atoms with E-state index >= 15 is 0 Å². The Labute approximate surface area is 96.6 Å². The first kappa shape index (κ1) is 12.8. The van der Waals surface area contributed by atoms with Gasteiger partial charge in [-0.2, -0.15) is 0 Å². The monoisotopic (exact) mass is 227 g/mol. The van der Waals surface area contributed by atoms with Gasteiger partial charge in [-0.25, -0.2) is 4.79 Å². The van der Waals surface area contributed by atoms with Gasteiger partial charge in [0.2, 0.25) is 5.91 Å². The van der Waals surface area contributed by atoms with Crippen LogP contribution in [-0.4, -0.2) is 42.5 Å². The third kappa shape index (κ3) is 3.72. The number of hydrogen-bond donors (Lipinski definition) is 2. The summed E-state index contributed by atoms with van der Waals surface area (Å²) < 4.78 is 0. The SMILES string of the molecule is CCNC(=O)CN(CC)C(=O)NC1CCC1. The molecule has 0 spiro atoms. The number of likely N-dealkylation sites (N-methyl/N-ethyl adjacent to an activating group) is 2. The highest BCUT2D eigenvalue weighted by Gasteiger charge is 2.22. The fourth-order valence-corrected chi connectivity index (χ4v) is 1.57. The van der Waals surface area contributed by atoms with Crippen molar-refractivity contribution in [3.63, 3.8) is 0 Å². The van der Waals surface area contributed by atoms with Gasteiger partial charge in [0.25, 0.3) is 0 Å². The number of hydrogen-bond acceptors (Lipinski definition) is 2. The van der Waals surface area contributed by atoms with Crippen LogP contribution >= 0.6 is 0 Å². The van der Waals surface area contributed by atoms with Gasteiger partial charge in [0.15, 0.2) is 0 Å². The molecule has 1 aliphatic rings. The van der Waals surface area contributed by atoms with Crippen molar-refractivity contribution >= 4 is 11.9 Å². The van der Waals surface area contributed by atoms with Gasteiger partial charge >= 0.3 is 6.03 Å². The minimum absolute atomic E-state index is 0.104. The van der Waals surface area contributed by atoms with Gasteiger partial charge in [-0.15, -0.1) is 0 Å². The zero-order valence-electron chi connectivity index (χ0n) is 10.1. The quantitative estimate of drug-likeness (QED) is 0.726. The summed E-state index contributed by atoms with van der Waals surface area (Å²) in [6.07, 6.45) is 3.31. The van der Waals surface area contributed by atoms with E-state index in [4.69, 9.17) is 0 Å². The van der Waals surface area contributed by atoms with Gasteiger partial charge in [0, 0.05) is 19.1 Å². The average Bonchev–Trinajstić information content (AvgIpc) is 2.20. The Morgan fingerprint density at radius 2 is 2.00 bits per heavy atom. The van der Waals surface area contributed by atoms with Crippen molar-refractivity contribution in [3.05, 3.63) is 0 Å². The lowest BCUT2D eigenvalue weighted by molar-refractivity contribution is -0.121. The third-order valence-electron chi connectivity index (χ3n) is 2.81. The normalized spacial score (nSPS) is 15.1. The summed E-state index contributed by atoms with van der Waals surface area (Å²) in [4.78, 5) is 24.6. The Kier molecular flexibility index (Phi) is 5.08. The largest absolute Gasteiger partial charge is 0.355 e. The second kappa shape index (κ2) is 6.35. The van der Waals surface area contributed by atoms with Gasteiger partial charge in [0.1, 0.15) is 6.54 Å². The maximum atomic E-state index is 11.8. The summed E-state index contributed by atoms with van der Waals surface area (Å²) in [5, 5.41) is 5.61. The molecular formula is C11H21N3O2. The average molecular weight is 227 g/mol. The molecular weight excluding hydrogens is 206 g/mol. The van der Waals surface area contributed by atoms with Gasteiger partial charge in [-0.05, 0) is 33.1 Å². The van der Waals surface area contributed by atoms with Crippen LogP contribution < -0.4 is 10.6 Å². The highest BCUT2D eigenvalue weighted by Crippen LogP contribution is 2.18. The van der Waals surface area contributed by atoms with E-state index in [1.165, 1.54) is 11.3 Å². The molecule has 3 amide bonds. The Bertz CT molecular complexity index is 252. The molecule has 1 rings (SSSR count). The van der Waals surface area contributed by atoms with Crippen molar-refractivity contribution < 1.29 is 9.59 Å². The molecule has 0 aromatic heterocycles. The summed E-state index contributed by atoms with van der Waals surface area (Å²) in [6.45, 7) is 5.03. The van der Waals surface area contributed by atoms with Crippen molar-refractivity contribution in [2.24, 2.45) is 0 Å². The molecule has 0 heterocycles. The molecule has 0 bridgehead atoms. The maximum absolute atomic E-state index is 11.8. The van der Waals surface area contributed by atoms with Crippen LogP contribution in [0.25, 0.3) is 0 Å². The predicted octanol–water partition coefficient (Wildman–Crippen LogP) is 0.706. The molecule has 0 atom stereocenters. The fourth-order valence-electron chi connectivity index (χ4n) is 1.57. The summed E-state index contributed by atoms with van der Waals surface area (Å²) >= 11 is 0. The number of urea groups is 1. The van der Waals surface area contributed by atoms with E-state index in [1.54, 1.807) is 0 Å². The predicted molar refractivity (Wildman–Crippen MR) is 62.1 cm³/mol. The third-order valence-corrected chi connectivity index (χ3v) is 2.81. The molecule has 1 saturated carbocycles. The van der Waals surface area contributed by atoms with E-state index in [0.717, 1.165) is 12.8 Å². The van der Waals surface area contributed by atoms with Crippen molar-refractivity contribution in [1.82, 2.24) is 15.5 Å². The molecule has 1 fully saturated rings. The molecule has 16 heavy (non-hydrogen) atoms. The molecule has 0 aromatic rings. The van der Waals surface area contributed by atoms with Gasteiger partial charge in [-0.3, -0.25) is 4.79 Å². The van der Waals surface area contributed by atoms with Crippen LogP contribution in [0.3, 0.4) is 0 Å². The standard InChI is InChI=1S/C11H21N3O2/c1-3-12-10(15)8-14(4-2)11(16)13-9-6-5-7-9/h9H,3-8H2,1-2H3,(H,12,15)(H,13,16). The van der Waals surface area contributed by atoms with Crippen LogP contribution in [-0.2, 0) is 4.79 Å². The fraction of sp³-hybridized carbons (Fsp3) is 0.818. The molecule has 0 saturated heterocycles. The first-order valence-electron chi connectivity index (χ1n) is 5.99. The smallest absolute Gasteiger partial charge is 0.318 e. The van der Waals surface area contributed by atoms with Crippen molar-refractivity contribution in [3.8, 4) is 0 Å². The van der Waals surface area contributed by atoms with E-state index in [0.29, 0.717) is 19.1 Å². The molecule has 0 aromatic carbocycles. The number of amides is 3. The van der Waals surface area contributed by atoms with E-state index in [-0.39, 0.29) is 18.5 Å². The lowest BCUT2D eigenvalue weighted by atomic mass is 9.93. The second-order valence-corrected chi connectivity index (χ2v) is 4.04. The van der Waals surface area contributed by atoms with Gasteiger partial charge in [-0.1, -0.05) is 0 Å². The van der Waals surface area contributed by atoms with Crippen LogP contribution in [0.4, 0.5) is 4.79 Å². The highest BCUT2D eigenvalue weighted by atomic mass is 16.2. The van der Waals surface area contributed by atoms with Crippen LogP contribution in [0.5, 0.6) is 0 Å². The zero-order chi connectivity index (χ0) is 12.0. The number of carbonyl (C=O) groups excluding carboxylic acids is 2. The van der Waals surface area contributed by atoms with E-state index < -0.39 is 0 Å². The molecule has 0 radical (unpaired) electrons. The van der Waals surface area contributed by atoms with Crippen molar-refractivity contribution in [1.29, 1.82) is 0 Å². The summed E-state index contributed by atoms with van der Waals surface area (Å²) in [7, 11) is 0. The van der Waals surface area contributed by atoms with Crippen LogP contribution in [0, 0.1) is 0 Å². The first-order valence-corrected chi connectivity index (χ1v) is 5.99. The maximum Gasteiger partial charge on any atom is 0.318 e. The molecule has 0 aliphatic heterocycles. The van der Waals surface area contributed by atoms with Crippen LogP contribution in [0.2, 0.25) is 0 Å². The Morgan fingerprint density at radius 3 is 2.44 bits per heavy atom. The van der Waals surface area contributed by atoms with Gasteiger partial charge in [0.05, 0.1) is 0 Å². The molecule has 2 N–H and O–H groups in total. The molecule has 1 aliphatic carbocycles. The number of rotatable bonds is 5. The molecule has 0 unspecified atom stereocenters. The van der Waals surface area contributed by atoms with E-state index in [9.17, 15) is 9.59 Å². The van der Waals surface area contributed by atoms with Crippen molar-refractivity contribution in [2.75, 3.05) is 19.6 Å². The zero-order valence-corrected chi connectivity index (χ0v) is 10.1. The first-order chi connectivity index (χ1) is 7.67. The Morgan fingerprint density at radius 1 is 1.31 bits per heavy atom. The second-order valence-electron chi connectivity index (χ2n) is 4.04. The highest BCUT2D eigenvalue weighted by molar-refractivity contribution is 5.84. The summed E-state index contributed by atoms with van der Waals surface area (Å²) in [5.41, 5.74) is 0. The lowest BCUT2D eigenvalue weighted by Gasteiger charge is -2.29. The number of nitrogens with one attached hydrogen (secondary N) is 2. The van der Waals surface area contributed by atoms with Gasteiger partial charge < -0.3 is 15.5 Å². The Hall–Kier alpha value is -1.26. The minimum atomic E-state index is -0.126. The number of nitrogens with zero attached hydrogens (tertiary/aromatic N) is 1. The Balaban J connectivity index is 2.33. The number of carbonyl (C=O) groups is 2. The topological polar surface area (TPSA) is 61.4 Å². The summed E-state index contributed by atoms with van der Waals surface area (Å²) in [5.74, 6) is -0.104. The van der Waals surface area contributed by atoms with E-state index in [2.05, 4.69) is 10.6 Å². The molecule has 5 nitrogen and oxygen atoms in total. The van der Waals surface area contributed by atoms with Crippen molar-refractivity contribution in [2.45, 2.75) is 39.2 Å². The minimum Gasteiger partial charge on any atom is -0.355 e. The lowest BCUT2D eigenvalue weighted by Crippen LogP contribution is -2.50. The summed E-state index contributed by atoms with van der Waals surface area (Å²) in [6, 6.07) is 0.189.